The number of rotatable bonds is 39. The summed E-state index contributed by atoms with van der Waals surface area (Å²) in [6, 6.07) is 7.30. The van der Waals surface area contributed by atoms with Crippen LogP contribution in [0.1, 0.15) is 13.3 Å². The lowest BCUT2D eigenvalue weighted by Gasteiger charge is -2.42. The van der Waals surface area contributed by atoms with Crippen molar-refractivity contribution < 1.29 is 55.7 Å². The Morgan fingerprint density at radius 2 is 0.573 bits per heavy atom. The normalized spacial score (nSPS) is 15.8. The quantitative estimate of drug-likeness (QED) is 0.0251. The van der Waals surface area contributed by atoms with E-state index in [-0.39, 0.29) is 12.6 Å². The van der Waals surface area contributed by atoms with Crippen molar-refractivity contribution in [3.05, 3.63) is 12.2 Å². The van der Waals surface area contributed by atoms with E-state index in [9.17, 15) is 4.79 Å². The minimum absolute atomic E-state index is 0.287. The Hall–Kier alpha value is 2.02. The topological polar surface area (TPSA) is 128 Å². The number of hydrogen-bond acceptors (Lipinski definition) is 13. The van der Waals surface area contributed by atoms with Gasteiger partial charge in [-0.15, -0.1) is 0 Å². The Bertz CT molecular complexity index is 1670. The van der Waals surface area contributed by atoms with E-state index in [2.05, 4.69) is 210 Å². The number of carbonyl (C=O) groups excluding carboxylic acids is 1. The van der Waals surface area contributed by atoms with Crippen molar-refractivity contribution in [2.45, 2.75) is 259 Å². The molecule has 0 aromatic rings. The minimum Gasteiger partial charge on any atom is -0.462 e. The molecule has 1 unspecified atom stereocenters. The SMILES string of the molecule is C=C(C)C(=O)OCCC[Si](C)(O[Si](C)(C)CC[Si](C)(C)O[Si](C)(C)CC[Si](C)(C)O[Si](C)(C)CC[Si](C)(C)O[Si](C)(C)C)O[Si](C)(C)OC[Si](C)(C)O[Si](C)(C)OC[Si](C)(C)O[Si](C)(C)OC[Si](C)(C)O[Si](C)(C)C. The van der Waals surface area contributed by atoms with Crippen molar-refractivity contribution in [3.8, 4) is 0 Å². The van der Waals surface area contributed by atoms with Crippen LogP contribution in [0, 0.1) is 0 Å². The zero-order valence-electron chi connectivity index (χ0n) is 55.0. The molecule has 0 radical (unpaired) electrons. The van der Waals surface area contributed by atoms with Crippen LogP contribution in [0.25, 0.3) is 0 Å². The van der Waals surface area contributed by atoms with Crippen LogP contribution >= 0.6 is 0 Å². The third kappa shape index (κ3) is 38.5. The molecule has 0 saturated carbocycles. The summed E-state index contributed by atoms with van der Waals surface area (Å²) in [4.78, 5) is 12.3. The van der Waals surface area contributed by atoms with Gasteiger partial charge in [0, 0.05) is 5.57 Å². The molecular weight excluding hydrogens is 1190 g/mol. The van der Waals surface area contributed by atoms with E-state index in [0.29, 0.717) is 36.7 Å². The van der Waals surface area contributed by atoms with Gasteiger partial charge >= 0.3 is 40.2 Å². The molecule has 448 valence electrons. The molecule has 0 aliphatic carbocycles. The average molecular weight is 1320 g/mol. The van der Waals surface area contributed by atoms with E-state index in [0.717, 1.165) is 24.2 Å². The lowest BCUT2D eigenvalue weighted by molar-refractivity contribution is -0.138. The number of hydrogen-bond donors (Lipinski definition) is 0. The van der Waals surface area contributed by atoms with Crippen molar-refractivity contribution in [1.82, 2.24) is 0 Å². The van der Waals surface area contributed by atoms with Crippen molar-refractivity contribution in [2.24, 2.45) is 0 Å². The molecule has 0 bridgehead atoms. The Balaban J connectivity index is 5.90. The highest BCUT2D eigenvalue weighted by molar-refractivity contribution is 6.92. The first kappa shape index (κ1) is 77.0. The average Bonchev–Trinajstić information content (AvgIpc) is 3.12. The van der Waals surface area contributed by atoms with Crippen LogP contribution in [-0.2, 0) is 55.7 Å². The van der Waals surface area contributed by atoms with Gasteiger partial charge in [-0.2, -0.15) is 0 Å². The molecule has 0 aliphatic heterocycles. The third-order valence-electron chi connectivity index (χ3n) is 11.9. The summed E-state index contributed by atoms with van der Waals surface area (Å²) in [6.07, 6.45) is 2.29. The first-order chi connectivity index (χ1) is 32.7. The fourth-order valence-electron chi connectivity index (χ4n) is 9.73. The van der Waals surface area contributed by atoms with Gasteiger partial charge in [-0.05, 0) is 259 Å². The van der Waals surface area contributed by atoms with Crippen LogP contribution in [0.3, 0.4) is 0 Å². The summed E-state index contributed by atoms with van der Waals surface area (Å²) in [5.41, 5.74) is 0.396. The highest BCUT2D eigenvalue weighted by atomic mass is 28.5. The second kappa shape index (κ2) is 28.7. The van der Waals surface area contributed by atoms with Gasteiger partial charge < -0.3 is 50.9 Å². The van der Waals surface area contributed by atoms with Crippen molar-refractivity contribution >= 4 is 132 Å². The smallest absolute Gasteiger partial charge is 0.333 e. The lowest BCUT2D eigenvalue weighted by Crippen LogP contribution is -2.58. The fourth-order valence-corrected chi connectivity index (χ4v) is 83.2. The molecule has 0 N–H and O–H groups in total. The fraction of sp³-hybridized carbons (Fsp3) is 0.936. The Labute approximate surface area is 479 Å². The molecular formula is C47H122O13Si15. The van der Waals surface area contributed by atoms with Crippen LogP contribution in [0.2, 0.25) is 245 Å². The monoisotopic (exact) mass is 1310 g/mol. The van der Waals surface area contributed by atoms with Gasteiger partial charge in [0.25, 0.3) is 0 Å². The summed E-state index contributed by atoms with van der Waals surface area (Å²) in [5, 5.41) is 0. The standard InChI is InChI=1S/C47H122O13Si15/c1-46(2)47(48)49-35-34-36-75(33,59-68(19,20)42-41-67(17,18)56-66(15,16)40-39-65(13,14)55-64(11,12)38-37-63(9,10)53-61(3,4)5)60-74(31,32)52-45-71(25,26)58-73(29,30)51-44-70(23,24)57-72(27,28)50-43-69(21,22)54-62(6,7)8/h1,34-45H2,2-33H3. The van der Waals surface area contributed by atoms with Crippen LogP contribution in [-0.4, -0.2) is 157 Å². The first-order valence-electron chi connectivity index (χ1n) is 28.1. The molecule has 75 heavy (non-hydrogen) atoms. The van der Waals surface area contributed by atoms with Crippen molar-refractivity contribution in [1.29, 1.82) is 0 Å². The van der Waals surface area contributed by atoms with E-state index in [1.54, 1.807) is 6.92 Å². The van der Waals surface area contributed by atoms with Crippen molar-refractivity contribution in [2.75, 3.05) is 25.3 Å². The molecule has 13 nitrogen and oxygen atoms in total. The van der Waals surface area contributed by atoms with Crippen LogP contribution < -0.4 is 0 Å². The van der Waals surface area contributed by atoms with E-state index >= 15 is 0 Å². The second-order valence-electron chi connectivity index (χ2n) is 30.6. The van der Waals surface area contributed by atoms with Crippen LogP contribution in [0.5, 0.6) is 0 Å². The van der Waals surface area contributed by atoms with Gasteiger partial charge in [0.1, 0.15) is 0 Å². The predicted molar refractivity (Wildman–Crippen MR) is 359 cm³/mol. The molecule has 1 atom stereocenters. The molecule has 0 rings (SSSR count). The van der Waals surface area contributed by atoms with E-state index in [4.69, 9.17) is 50.9 Å². The molecule has 28 heteroatoms. The Morgan fingerprint density at radius 3 is 0.867 bits per heavy atom. The van der Waals surface area contributed by atoms with E-state index in [1.165, 1.54) is 12.1 Å². The minimum atomic E-state index is -2.87. The molecule has 0 heterocycles. The van der Waals surface area contributed by atoms with Gasteiger partial charge in [0.05, 0.1) is 25.3 Å². The summed E-state index contributed by atoms with van der Waals surface area (Å²) >= 11 is 0. The maximum atomic E-state index is 12.3. The first-order valence-corrected chi connectivity index (χ1v) is 73.9. The van der Waals surface area contributed by atoms with Gasteiger partial charge in [0.15, 0.2) is 91.5 Å². The Kier molecular flexibility index (Phi) is 29.5. The van der Waals surface area contributed by atoms with Gasteiger partial charge in [-0.1, -0.05) is 6.58 Å². The molecule has 0 amide bonds. The van der Waals surface area contributed by atoms with E-state index in [1.807, 2.05) is 0 Å². The molecule has 0 fully saturated rings. The molecule has 0 spiro atoms. The number of esters is 1. The number of ether oxygens (including phenoxy) is 1. The van der Waals surface area contributed by atoms with Crippen LogP contribution in [0.15, 0.2) is 12.2 Å². The zero-order valence-corrected chi connectivity index (χ0v) is 70.0. The van der Waals surface area contributed by atoms with Gasteiger partial charge in [-0.25, -0.2) is 4.79 Å². The Morgan fingerprint density at radius 1 is 0.320 bits per heavy atom. The molecule has 0 saturated heterocycles. The largest absolute Gasteiger partial charge is 0.462 e. The summed E-state index contributed by atoms with van der Waals surface area (Å²) in [6.45, 7) is 76.4. The number of carbonyl (C=O) groups is 1. The molecule has 0 aliphatic rings. The summed E-state index contributed by atoms with van der Waals surface area (Å²) < 4.78 is 81.7. The van der Waals surface area contributed by atoms with Gasteiger partial charge in [-0.3, -0.25) is 0 Å². The van der Waals surface area contributed by atoms with Crippen molar-refractivity contribution in [3.63, 3.8) is 0 Å². The summed E-state index contributed by atoms with van der Waals surface area (Å²) in [7, 11) is -32.3. The maximum absolute atomic E-state index is 12.3. The highest BCUT2D eigenvalue weighted by Crippen LogP contribution is 2.35. The molecule has 0 aromatic carbocycles. The lowest BCUT2D eigenvalue weighted by atomic mass is 10.4. The second-order valence-corrected chi connectivity index (χ2v) is 93.2. The summed E-state index contributed by atoms with van der Waals surface area (Å²) in [5.74, 6) is -0.370. The third-order valence-corrected chi connectivity index (χ3v) is 63.4. The van der Waals surface area contributed by atoms with E-state index < -0.39 is 126 Å². The maximum Gasteiger partial charge on any atom is 0.333 e. The van der Waals surface area contributed by atoms with Gasteiger partial charge in [0.2, 0.25) is 0 Å². The van der Waals surface area contributed by atoms with Crippen LogP contribution in [0.4, 0.5) is 0 Å². The zero-order chi connectivity index (χ0) is 59.6. The predicted octanol–water partition coefficient (Wildman–Crippen LogP) is 16.0. The highest BCUT2D eigenvalue weighted by Gasteiger charge is 2.48. The molecule has 0 aromatic heterocycles.